The Balaban J connectivity index is 2.08. The minimum absolute atomic E-state index is 0.0825. The molecule has 1 aliphatic heterocycles. The number of nitrogens with zero attached hydrogens (tertiary/aromatic N) is 1. The smallest absolute Gasteiger partial charge is 0.333 e. The van der Waals surface area contributed by atoms with Gasteiger partial charge in [0.25, 0.3) is 0 Å². The highest BCUT2D eigenvalue weighted by atomic mass is 16.5. The third-order valence-corrected chi connectivity index (χ3v) is 4.31. The van der Waals surface area contributed by atoms with Crippen molar-refractivity contribution >= 4 is 17.8 Å². The van der Waals surface area contributed by atoms with Gasteiger partial charge in [-0.2, -0.15) is 0 Å². The van der Waals surface area contributed by atoms with Gasteiger partial charge in [-0.15, -0.1) is 0 Å². The molecule has 110 valence electrons. The summed E-state index contributed by atoms with van der Waals surface area (Å²) in [6.07, 6.45) is 3.75. The van der Waals surface area contributed by atoms with E-state index in [1.54, 1.807) is 6.08 Å². The predicted molar refractivity (Wildman–Crippen MR) is 72.5 cm³/mol. The van der Waals surface area contributed by atoms with Gasteiger partial charge in [0, 0.05) is 12.1 Å². The average molecular weight is 279 g/mol. The number of hydrogen-bond donors (Lipinski definition) is 0. The molecule has 2 rings (SSSR count). The fraction of sp³-hybridized carbons (Fsp3) is 0.667. The van der Waals surface area contributed by atoms with Crippen molar-refractivity contribution in [3.63, 3.8) is 0 Å². The van der Waals surface area contributed by atoms with Gasteiger partial charge in [0.1, 0.15) is 0 Å². The average Bonchev–Trinajstić information content (AvgIpc) is 2.91. The second kappa shape index (κ2) is 5.77. The summed E-state index contributed by atoms with van der Waals surface area (Å²) >= 11 is 0. The van der Waals surface area contributed by atoms with Gasteiger partial charge in [0.05, 0.1) is 18.9 Å². The predicted octanol–water partition coefficient (Wildman–Crippen LogP) is 1.53. The lowest BCUT2D eigenvalue weighted by molar-refractivity contribution is -0.140. The molecule has 0 bridgehead atoms. The van der Waals surface area contributed by atoms with Crippen LogP contribution in [0.3, 0.4) is 0 Å². The van der Waals surface area contributed by atoms with E-state index >= 15 is 0 Å². The topological polar surface area (TPSA) is 63.7 Å². The van der Waals surface area contributed by atoms with Crippen molar-refractivity contribution in [2.45, 2.75) is 33.1 Å². The van der Waals surface area contributed by atoms with Crippen molar-refractivity contribution in [2.75, 3.05) is 13.7 Å². The van der Waals surface area contributed by atoms with Gasteiger partial charge in [-0.05, 0) is 25.2 Å². The van der Waals surface area contributed by atoms with Gasteiger partial charge < -0.3 is 4.74 Å². The van der Waals surface area contributed by atoms with Gasteiger partial charge in [-0.1, -0.05) is 19.9 Å². The Morgan fingerprint density at radius 1 is 1.30 bits per heavy atom. The quantitative estimate of drug-likeness (QED) is 0.445. The number of hydrogen-bond acceptors (Lipinski definition) is 4. The van der Waals surface area contributed by atoms with Crippen LogP contribution in [0.1, 0.15) is 33.1 Å². The first kappa shape index (κ1) is 14.8. The molecule has 2 atom stereocenters. The number of fused-ring (bicyclic) bond motifs is 1. The van der Waals surface area contributed by atoms with Crippen LogP contribution in [0.15, 0.2) is 11.6 Å². The van der Waals surface area contributed by atoms with E-state index in [0.717, 1.165) is 12.8 Å². The summed E-state index contributed by atoms with van der Waals surface area (Å²) in [5.74, 6) is -0.415. The zero-order valence-electron chi connectivity index (χ0n) is 12.2. The van der Waals surface area contributed by atoms with Crippen molar-refractivity contribution in [1.29, 1.82) is 0 Å². The standard InChI is InChI=1S/C15H21NO4/c1-4-10(15(19)20-3)5-6-16-13(17)11-7-9(2)8-12(11)14(16)18/h5,9,11-12H,4,6-8H2,1-3H3. The number of imide groups is 1. The van der Waals surface area contributed by atoms with E-state index in [2.05, 4.69) is 11.7 Å². The highest BCUT2D eigenvalue weighted by Gasteiger charge is 2.51. The van der Waals surface area contributed by atoms with Crippen LogP contribution < -0.4 is 0 Å². The van der Waals surface area contributed by atoms with Crippen molar-refractivity contribution in [3.05, 3.63) is 11.6 Å². The van der Waals surface area contributed by atoms with Crippen LogP contribution >= 0.6 is 0 Å². The summed E-state index contributed by atoms with van der Waals surface area (Å²) in [6, 6.07) is 0. The lowest BCUT2D eigenvalue weighted by Crippen LogP contribution is -2.32. The van der Waals surface area contributed by atoms with E-state index in [-0.39, 0.29) is 30.2 Å². The molecule has 0 aromatic carbocycles. The van der Waals surface area contributed by atoms with Crippen molar-refractivity contribution in [1.82, 2.24) is 4.90 Å². The van der Waals surface area contributed by atoms with Crippen LogP contribution in [-0.4, -0.2) is 36.3 Å². The van der Waals surface area contributed by atoms with Crippen molar-refractivity contribution in [2.24, 2.45) is 17.8 Å². The first-order chi connectivity index (χ1) is 9.49. The highest BCUT2D eigenvalue weighted by Crippen LogP contribution is 2.42. The van der Waals surface area contributed by atoms with E-state index in [0.29, 0.717) is 17.9 Å². The Morgan fingerprint density at radius 3 is 2.30 bits per heavy atom. The zero-order valence-corrected chi connectivity index (χ0v) is 12.2. The summed E-state index contributed by atoms with van der Waals surface area (Å²) in [5.41, 5.74) is 0.499. The molecule has 0 aromatic heterocycles. The molecule has 2 fully saturated rings. The molecular weight excluding hydrogens is 258 g/mol. The maximum Gasteiger partial charge on any atom is 0.333 e. The Kier molecular flexibility index (Phi) is 4.26. The van der Waals surface area contributed by atoms with Crippen LogP contribution in [0.5, 0.6) is 0 Å². The monoisotopic (exact) mass is 279 g/mol. The molecule has 0 spiro atoms. The first-order valence-corrected chi connectivity index (χ1v) is 7.12. The Hall–Kier alpha value is -1.65. The number of methoxy groups -OCH3 is 1. The van der Waals surface area contributed by atoms with Crippen LogP contribution in [0.4, 0.5) is 0 Å². The third kappa shape index (κ3) is 2.49. The molecule has 5 heteroatoms. The number of rotatable bonds is 4. The van der Waals surface area contributed by atoms with E-state index in [4.69, 9.17) is 0 Å². The molecular formula is C15H21NO4. The van der Waals surface area contributed by atoms with Crippen LogP contribution in [-0.2, 0) is 19.1 Å². The SMILES string of the molecule is CCC(=CCN1C(=O)C2CC(C)CC2C1=O)C(=O)OC. The lowest BCUT2D eigenvalue weighted by Gasteiger charge is -2.15. The third-order valence-electron chi connectivity index (χ3n) is 4.31. The van der Waals surface area contributed by atoms with E-state index in [1.165, 1.54) is 12.0 Å². The molecule has 2 amide bonds. The molecule has 20 heavy (non-hydrogen) atoms. The molecule has 1 heterocycles. The molecule has 0 radical (unpaired) electrons. The van der Waals surface area contributed by atoms with Crippen molar-refractivity contribution < 1.29 is 19.1 Å². The number of amides is 2. The molecule has 2 unspecified atom stereocenters. The van der Waals surface area contributed by atoms with Gasteiger partial charge in [-0.25, -0.2) is 4.79 Å². The first-order valence-electron chi connectivity index (χ1n) is 7.12. The number of likely N-dealkylation sites (tertiary alicyclic amines) is 1. The van der Waals surface area contributed by atoms with Gasteiger partial charge >= 0.3 is 5.97 Å². The lowest BCUT2D eigenvalue weighted by atomic mass is 10.00. The molecule has 1 aliphatic carbocycles. The number of esters is 1. The molecule has 0 aromatic rings. The largest absolute Gasteiger partial charge is 0.466 e. The molecule has 1 saturated heterocycles. The van der Waals surface area contributed by atoms with Crippen LogP contribution in [0.25, 0.3) is 0 Å². The van der Waals surface area contributed by atoms with Crippen LogP contribution in [0.2, 0.25) is 0 Å². The summed E-state index contributed by atoms with van der Waals surface area (Å²) < 4.78 is 4.67. The van der Waals surface area contributed by atoms with E-state index in [1.807, 2.05) is 6.92 Å². The van der Waals surface area contributed by atoms with Crippen LogP contribution in [0, 0.1) is 17.8 Å². The highest BCUT2D eigenvalue weighted by molar-refractivity contribution is 6.05. The summed E-state index contributed by atoms with van der Waals surface area (Å²) in [7, 11) is 1.32. The van der Waals surface area contributed by atoms with Gasteiger partial charge in [0.15, 0.2) is 0 Å². The fourth-order valence-electron chi connectivity index (χ4n) is 3.23. The number of carbonyl (C=O) groups is 3. The van der Waals surface area contributed by atoms with E-state index in [9.17, 15) is 14.4 Å². The number of carbonyl (C=O) groups excluding carboxylic acids is 3. The Morgan fingerprint density at radius 2 is 1.85 bits per heavy atom. The summed E-state index contributed by atoms with van der Waals surface area (Å²) in [5, 5.41) is 0. The molecule has 0 N–H and O–H groups in total. The zero-order chi connectivity index (χ0) is 14.9. The maximum absolute atomic E-state index is 12.2. The van der Waals surface area contributed by atoms with E-state index < -0.39 is 5.97 Å². The Labute approximate surface area is 119 Å². The normalized spacial score (nSPS) is 29.9. The van der Waals surface area contributed by atoms with Crippen molar-refractivity contribution in [3.8, 4) is 0 Å². The summed E-state index contributed by atoms with van der Waals surface area (Å²) in [6.45, 7) is 4.10. The molecule has 2 aliphatic rings. The second-order valence-electron chi connectivity index (χ2n) is 5.65. The maximum atomic E-state index is 12.2. The minimum Gasteiger partial charge on any atom is -0.466 e. The second-order valence-corrected chi connectivity index (χ2v) is 5.65. The summed E-state index contributed by atoms with van der Waals surface area (Å²) in [4.78, 5) is 37.2. The number of ether oxygens (including phenoxy) is 1. The minimum atomic E-state index is -0.402. The van der Waals surface area contributed by atoms with Gasteiger partial charge in [0.2, 0.25) is 11.8 Å². The Bertz CT molecular complexity index is 444. The van der Waals surface area contributed by atoms with Gasteiger partial charge in [-0.3, -0.25) is 14.5 Å². The fourth-order valence-corrected chi connectivity index (χ4v) is 3.23. The molecule has 5 nitrogen and oxygen atoms in total. The molecule has 1 saturated carbocycles.